The molecule has 180 valence electrons. The Morgan fingerprint density at radius 2 is 1.97 bits per heavy atom. The Morgan fingerprint density at radius 3 is 2.69 bits per heavy atom. The van der Waals surface area contributed by atoms with E-state index in [9.17, 15) is 24.5 Å². The number of carbonyl (C=O) groups is 3. The van der Waals surface area contributed by atoms with Crippen molar-refractivity contribution in [3.8, 4) is 5.75 Å². The number of rotatable bonds is 3. The molecule has 3 amide bonds. The van der Waals surface area contributed by atoms with E-state index < -0.39 is 34.1 Å². The van der Waals surface area contributed by atoms with Crippen LogP contribution in [0, 0.1) is 28.9 Å². The van der Waals surface area contributed by atoms with Gasteiger partial charge in [0, 0.05) is 34.4 Å². The number of hydrogen-bond acceptors (Lipinski definition) is 7. The number of nitro benzene ring substituents is 1. The number of benzene rings is 2. The molecule has 4 aliphatic heterocycles. The molecule has 1 spiro atoms. The Labute approximate surface area is 204 Å². The molecule has 4 atom stereocenters. The van der Waals surface area contributed by atoms with Crippen LogP contribution in [-0.4, -0.2) is 47.2 Å². The highest BCUT2D eigenvalue weighted by atomic mass is 35.5. The molecule has 0 aromatic heterocycles. The van der Waals surface area contributed by atoms with Crippen molar-refractivity contribution in [2.45, 2.75) is 31.3 Å². The normalized spacial score (nSPS) is 28.9. The second kappa shape index (κ2) is 7.25. The number of aryl methyl sites for hydroxylation is 1. The molecule has 4 heterocycles. The predicted molar refractivity (Wildman–Crippen MR) is 125 cm³/mol. The Kier molecular flexibility index (Phi) is 4.56. The van der Waals surface area contributed by atoms with Gasteiger partial charge in [0.05, 0.1) is 23.9 Å². The third kappa shape index (κ3) is 2.61. The van der Waals surface area contributed by atoms with E-state index in [1.807, 2.05) is 11.8 Å². The third-order valence-corrected chi connectivity index (χ3v) is 8.10. The standard InChI is InChI=1S/C24H21ClN4O6/c1-11-8-12(25)9-14-20(11)26-23(32)24(14)19-18(15-4-3-7-27(15)24)21(30)28(22(19)31)16-10-13(29(33)34)5-6-17(16)35-2/h5-6,8-10,15,18-19H,3-4,7H2,1-2H3,(H,26,32)/t15-,18-,19+,24-/m1/s1. The largest absolute Gasteiger partial charge is 0.495 e. The van der Waals surface area contributed by atoms with Crippen LogP contribution in [0.25, 0.3) is 0 Å². The smallest absolute Gasteiger partial charge is 0.271 e. The molecule has 3 saturated heterocycles. The van der Waals surface area contributed by atoms with Crippen LogP contribution in [-0.2, 0) is 19.9 Å². The summed E-state index contributed by atoms with van der Waals surface area (Å²) in [6, 6.07) is 6.91. The molecular formula is C24H21ClN4O6. The molecule has 11 heteroatoms. The maximum Gasteiger partial charge on any atom is 0.271 e. The maximum absolute atomic E-state index is 14.1. The number of halogens is 1. The van der Waals surface area contributed by atoms with Crippen LogP contribution in [0.15, 0.2) is 30.3 Å². The Hall–Kier alpha value is -3.50. The molecule has 10 nitrogen and oxygen atoms in total. The summed E-state index contributed by atoms with van der Waals surface area (Å²) in [5, 5.41) is 14.8. The van der Waals surface area contributed by atoms with Crippen molar-refractivity contribution in [2.75, 3.05) is 23.9 Å². The first-order valence-corrected chi connectivity index (χ1v) is 11.7. The lowest BCUT2D eigenvalue weighted by atomic mass is 9.75. The molecule has 35 heavy (non-hydrogen) atoms. The number of nitro groups is 1. The zero-order valence-electron chi connectivity index (χ0n) is 18.9. The van der Waals surface area contributed by atoms with E-state index in [-0.39, 0.29) is 29.1 Å². The average Bonchev–Trinajstić information content (AvgIpc) is 3.52. The van der Waals surface area contributed by atoms with E-state index in [0.717, 1.165) is 16.9 Å². The van der Waals surface area contributed by atoms with Gasteiger partial charge in [-0.3, -0.25) is 29.4 Å². The van der Waals surface area contributed by atoms with Crippen LogP contribution in [0.3, 0.4) is 0 Å². The van der Waals surface area contributed by atoms with Crippen LogP contribution in [0.5, 0.6) is 5.75 Å². The lowest BCUT2D eigenvalue weighted by molar-refractivity contribution is -0.384. The van der Waals surface area contributed by atoms with Crippen LogP contribution in [0.1, 0.15) is 24.0 Å². The van der Waals surface area contributed by atoms with Crippen molar-refractivity contribution in [3.63, 3.8) is 0 Å². The SMILES string of the molecule is COc1ccc([N+](=O)[O-])cc1N1C(=O)[C@@H]2[C@H]3CCCN3[C@@]3(C(=O)Nc4c(C)cc(Cl)cc43)[C@@H]2C1=O. The highest BCUT2D eigenvalue weighted by Gasteiger charge is 2.75. The van der Waals surface area contributed by atoms with E-state index in [1.165, 1.54) is 25.3 Å². The Bertz CT molecular complexity index is 1360. The van der Waals surface area contributed by atoms with Crippen molar-refractivity contribution >= 4 is 46.4 Å². The minimum atomic E-state index is -1.38. The van der Waals surface area contributed by atoms with Crippen molar-refractivity contribution in [2.24, 2.45) is 11.8 Å². The van der Waals surface area contributed by atoms with Crippen LogP contribution in [0.4, 0.5) is 17.1 Å². The monoisotopic (exact) mass is 496 g/mol. The first kappa shape index (κ1) is 22.0. The van der Waals surface area contributed by atoms with Gasteiger partial charge in [0.15, 0.2) is 0 Å². The molecule has 4 aliphatic rings. The molecule has 2 aromatic carbocycles. The fourth-order valence-corrected chi connectivity index (χ4v) is 6.91. The van der Waals surface area contributed by atoms with E-state index in [1.54, 1.807) is 12.1 Å². The molecule has 0 unspecified atom stereocenters. The summed E-state index contributed by atoms with van der Waals surface area (Å²) in [5.41, 5.74) is 0.324. The van der Waals surface area contributed by atoms with Gasteiger partial charge in [-0.1, -0.05) is 11.6 Å². The van der Waals surface area contributed by atoms with Gasteiger partial charge in [-0.15, -0.1) is 0 Å². The van der Waals surface area contributed by atoms with Crippen molar-refractivity contribution in [1.29, 1.82) is 0 Å². The number of nitrogens with one attached hydrogen (secondary N) is 1. The summed E-state index contributed by atoms with van der Waals surface area (Å²) < 4.78 is 5.35. The summed E-state index contributed by atoms with van der Waals surface area (Å²) in [7, 11) is 1.36. The summed E-state index contributed by atoms with van der Waals surface area (Å²) in [5.74, 6) is -3.02. The number of anilines is 2. The molecule has 2 aromatic rings. The average molecular weight is 497 g/mol. The highest BCUT2D eigenvalue weighted by molar-refractivity contribution is 6.31. The maximum atomic E-state index is 14.1. The minimum Gasteiger partial charge on any atom is -0.495 e. The predicted octanol–water partition coefficient (Wildman–Crippen LogP) is 3.00. The fourth-order valence-electron chi connectivity index (χ4n) is 6.64. The number of methoxy groups -OCH3 is 1. The summed E-state index contributed by atoms with van der Waals surface area (Å²) in [4.78, 5) is 55.6. The lowest BCUT2D eigenvalue weighted by Crippen LogP contribution is -2.54. The van der Waals surface area contributed by atoms with Crippen LogP contribution < -0.4 is 15.0 Å². The van der Waals surface area contributed by atoms with Crippen molar-refractivity contribution < 1.29 is 24.0 Å². The van der Waals surface area contributed by atoms with Crippen LogP contribution >= 0.6 is 11.6 Å². The molecule has 0 saturated carbocycles. The second-order valence-corrected chi connectivity index (χ2v) is 9.83. The molecule has 1 N–H and O–H groups in total. The number of carbonyl (C=O) groups excluding carboxylic acids is 3. The quantitative estimate of drug-likeness (QED) is 0.393. The first-order chi connectivity index (χ1) is 16.7. The number of amides is 3. The highest BCUT2D eigenvalue weighted by Crippen LogP contribution is 2.61. The molecule has 3 fully saturated rings. The number of hydrogen-bond donors (Lipinski definition) is 1. The van der Waals surface area contributed by atoms with Gasteiger partial charge in [-0.25, -0.2) is 4.90 Å². The number of ether oxygens (including phenoxy) is 1. The summed E-state index contributed by atoms with van der Waals surface area (Å²) in [6.45, 7) is 2.40. The second-order valence-electron chi connectivity index (χ2n) is 9.40. The molecule has 0 aliphatic carbocycles. The lowest BCUT2D eigenvalue weighted by Gasteiger charge is -2.36. The zero-order chi connectivity index (χ0) is 24.8. The van der Waals surface area contributed by atoms with E-state index in [0.29, 0.717) is 29.2 Å². The van der Waals surface area contributed by atoms with E-state index >= 15 is 0 Å². The van der Waals surface area contributed by atoms with Crippen molar-refractivity contribution in [1.82, 2.24) is 4.90 Å². The number of imide groups is 1. The third-order valence-electron chi connectivity index (χ3n) is 7.88. The fraction of sp³-hybridized carbons (Fsp3) is 0.375. The Balaban J connectivity index is 1.57. The van der Waals surface area contributed by atoms with Gasteiger partial charge in [0.2, 0.25) is 17.7 Å². The van der Waals surface area contributed by atoms with Crippen molar-refractivity contribution in [3.05, 3.63) is 56.6 Å². The molecule has 6 rings (SSSR count). The minimum absolute atomic E-state index is 0.00620. The van der Waals surface area contributed by atoms with Gasteiger partial charge in [0.1, 0.15) is 17.0 Å². The first-order valence-electron chi connectivity index (χ1n) is 11.3. The van der Waals surface area contributed by atoms with Gasteiger partial charge >= 0.3 is 0 Å². The molecule has 0 radical (unpaired) electrons. The van der Waals surface area contributed by atoms with Gasteiger partial charge in [0.25, 0.3) is 5.69 Å². The summed E-state index contributed by atoms with van der Waals surface area (Å²) in [6.07, 6.45) is 1.43. The number of nitrogens with zero attached hydrogens (tertiary/aromatic N) is 3. The van der Waals surface area contributed by atoms with Crippen LogP contribution in [0.2, 0.25) is 5.02 Å². The van der Waals surface area contributed by atoms with E-state index in [4.69, 9.17) is 16.3 Å². The number of non-ortho nitro benzene ring substituents is 1. The Morgan fingerprint density at radius 1 is 1.20 bits per heavy atom. The topological polar surface area (TPSA) is 122 Å². The van der Waals surface area contributed by atoms with Gasteiger partial charge < -0.3 is 10.1 Å². The molecule has 0 bridgehead atoms. The molecular weight excluding hydrogens is 476 g/mol. The zero-order valence-corrected chi connectivity index (χ0v) is 19.7. The summed E-state index contributed by atoms with van der Waals surface area (Å²) >= 11 is 6.40. The van der Waals surface area contributed by atoms with Gasteiger partial charge in [-0.2, -0.15) is 0 Å². The van der Waals surface area contributed by atoms with E-state index in [2.05, 4.69) is 5.32 Å². The van der Waals surface area contributed by atoms with Gasteiger partial charge in [-0.05, 0) is 50.1 Å². The number of fused-ring (bicyclic) bond motifs is 7.